The van der Waals surface area contributed by atoms with Crippen molar-refractivity contribution in [2.45, 2.75) is 363 Å². The minimum Gasteiger partial charge on any atom is -0.456 e. The molecule has 1 aromatic rings. The van der Waals surface area contributed by atoms with Crippen molar-refractivity contribution in [2.24, 2.45) is 5.92 Å². The van der Waals surface area contributed by atoms with Gasteiger partial charge in [0.05, 0.1) is 42.5 Å². The van der Waals surface area contributed by atoms with E-state index >= 15 is 0 Å². The van der Waals surface area contributed by atoms with Crippen LogP contribution in [0.15, 0.2) is 36.4 Å². The molecule has 6 saturated heterocycles. The minimum absolute atomic E-state index is 0.0457. The number of esters is 4. The molecule has 6 aliphatic rings. The molecule has 0 amide bonds. The van der Waals surface area contributed by atoms with Crippen LogP contribution in [0.4, 0.5) is 0 Å². The molecule has 0 unspecified atom stereocenters. The third kappa shape index (κ3) is 22.3. The summed E-state index contributed by atoms with van der Waals surface area (Å²) < 4.78 is 89.9. The minimum atomic E-state index is -1.95. The van der Waals surface area contributed by atoms with Crippen LogP contribution < -0.4 is 0 Å². The number of hydrogen-bond donors (Lipinski definition) is 7. The first-order valence-electron chi connectivity index (χ1n) is 35.4. The molecule has 95 heavy (non-hydrogen) atoms. The van der Waals surface area contributed by atoms with E-state index in [1.165, 1.54) is 26.8 Å². The average molecular weight is 1350 g/mol. The molecule has 6 aliphatic heterocycles. The van der Waals surface area contributed by atoms with Gasteiger partial charge in [-0.15, -0.1) is 0 Å². The lowest BCUT2D eigenvalue weighted by atomic mass is 9.95. The van der Waals surface area contributed by atoms with E-state index in [0.29, 0.717) is 44.1 Å². The normalized spacial score (nSPS) is 39.1. The molecule has 2 bridgehead atoms. The zero-order chi connectivity index (χ0) is 68.9. The van der Waals surface area contributed by atoms with Gasteiger partial charge in [-0.2, -0.15) is 0 Å². The predicted octanol–water partition coefficient (Wildman–Crippen LogP) is 6.81. The van der Waals surface area contributed by atoms with Crippen molar-refractivity contribution in [1.82, 2.24) is 0 Å². The van der Waals surface area contributed by atoms with Gasteiger partial charge in [0.1, 0.15) is 67.1 Å². The molecule has 27 atom stereocenters. The van der Waals surface area contributed by atoms with Crippen LogP contribution in [0.5, 0.6) is 0 Å². The van der Waals surface area contributed by atoms with E-state index < -0.39 is 183 Å². The van der Waals surface area contributed by atoms with E-state index in [4.69, 9.17) is 66.3 Å². The molecule has 25 nitrogen and oxygen atoms in total. The molecule has 7 N–H and O–H groups in total. The molecule has 542 valence electrons. The number of ether oxygens (including phenoxy) is 14. The first kappa shape index (κ1) is 78.5. The summed E-state index contributed by atoms with van der Waals surface area (Å²) in [6, 6.07) is 8.85. The van der Waals surface area contributed by atoms with Crippen molar-refractivity contribution in [3.8, 4) is 0 Å². The Bertz CT molecular complexity index is 2460. The molecule has 6 heterocycles. The Kier molecular flexibility index (Phi) is 32.4. The average Bonchev–Trinajstić information content (AvgIpc) is 0.777. The highest BCUT2D eigenvalue weighted by atomic mass is 16.8. The number of benzene rings is 1. The van der Waals surface area contributed by atoms with Crippen LogP contribution in [0.2, 0.25) is 0 Å². The Morgan fingerprint density at radius 3 is 1.77 bits per heavy atom. The second kappa shape index (κ2) is 39.2. The molecule has 25 heteroatoms. The summed E-state index contributed by atoms with van der Waals surface area (Å²) in [5.74, 6) is -3.67. The van der Waals surface area contributed by atoms with Gasteiger partial charge in [0.15, 0.2) is 55.9 Å². The van der Waals surface area contributed by atoms with Crippen LogP contribution in [-0.4, -0.2) is 219 Å². The van der Waals surface area contributed by atoms with E-state index in [2.05, 4.69) is 13.8 Å². The smallest absolute Gasteiger partial charge is 0.331 e. The highest BCUT2D eigenvalue weighted by molar-refractivity contribution is 5.87. The molecule has 1 aromatic carbocycles. The maximum atomic E-state index is 14.5. The van der Waals surface area contributed by atoms with Gasteiger partial charge >= 0.3 is 23.9 Å². The number of carbonyl (C=O) groups excluding carboxylic acids is 4. The fourth-order valence-electron chi connectivity index (χ4n) is 13.0. The summed E-state index contributed by atoms with van der Waals surface area (Å²) in [5.41, 5.74) is 0.645. The van der Waals surface area contributed by atoms with Gasteiger partial charge in [-0.3, -0.25) is 14.4 Å². The number of rotatable bonds is 25. The number of hydrogen-bond acceptors (Lipinski definition) is 25. The van der Waals surface area contributed by atoms with Crippen LogP contribution in [0.1, 0.15) is 209 Å². The quantitative estimate of drug-likeness (QED) is 0.0229. The summed E-state index contributed by atoms with van der Waals surface area (Å²) in [6.45, 7) is 15.3. The Labute approximate surface area is 560 Å². The topological polar surface area (TPSA) is 339 Å². The van der Waals surface area contributed by atoms with Crippen molar-refractivity contribution in [2.75, 3.05) is 0 Å². The number of unbranched alkanes of at least 4 members (excludes halogenated alkanes) is 8. The summed E-state index contributed by atoms with van der Waals surface area (Å²) in [7, 11) is 0. The molecule has 0 radical (unpaired) electrons. The van der Waals surface area contributed by atoms with E-state index in [1.807, 2.05) is 0 Å². The highest BCUT2D eigenvalue weighted by Crippen LogP contribution is 2.40. The van der Waals surface area contributed by atoms with E-state index in [-0.39, 0.29) is 18.9 Å². The van der Waals surface area contributed by atoms with Crippen LogP contribution in [0.3, 0.4) is 0 Å². The Morgan fingerprint density at radius 1 is 0.505 bits per heavy atom. The van der Waals surface area contributed by atoms with Crippen molar-refractivity contribution >= 4 is 30.0 Å². The van der Waals surface area contributed by atoms with Gasteiger partial charge in [-0.25, -0.2) is 4.79 Å². The number of fused-ring (bicyclic) bond motifs is 3. The van der Waals surface area contributed by atoms with Crippen molar-refractivity contribution in [3.63, 3.8) is 0 Å². The van der Waals surface area contributed by atoms with Gasteiger partial charge in [-0.05, 0) is 78.4 Å². The zero-order valence-corrected chi connectivity index (χ0v) is 57.2. The second-order valence-corrected chi connectivity index (χ2v) is 26.8. The fourth-order valence-corrected chi connectivity index (χ4v) is 13.0. The third-order valence-electron chi connectivity index (χ3n) is 19.1. The number of aliphatic hydroxyl groups is 7. The molecular weight excluding hydrogens is 1240 g/mol. The molecule has 0 aromatic heterocycles. The van der Waals surface area contributed by atoms with Crippen LogP contribution >= 0.6 is 0 Å². The monoisotopic (exact) mass is 1350 g/mol. The SMILES string of the molecule is CCCCCCCCCC(=O)O[C@H]1[C@H](O[C@@H]2[C@H]3OC(=O)CCCCCCCCC[C@H](CCCCC)O[C@@H]4O[C@H](C)[C@H](O)[C@H](O)[C@H]4O[C@H](O[C@H]2C)[C@@H]3O)O[C@@H](C)[C@H](O[C@@H]2O[C@@H](C)[C@H](OC(=O)[C@@H](C)CC)[C@@H](O)[C@H]2OC(=O)/C=C/c2ccccc2)[C@H]1O[C@@H]1O[C@@H](C)[C@H](O)[C@@H](O)[C@H]1O. The van der Waals surface area contributed by atoms with E-state index in [0.717, 1.165) is 96.0 Å². The number of carbonyl (C=O) groups is 4. The van der Waals surface area contributed by atoms with Crippen LogP contribution in [0.25, 0.3) is 6.08 Å². The second-order valence-electron chi connectivity index (χ2n) is 26.8. The first-order valence-corrected chi connectivity index (χ1v) is 35.4. The lowest BCUT2D eigenvalue weighted by Gasteiger charge is -2.51. The Hall–Kier alpha value is -3.84. The highest BCUT2D eigenvalue weighted by Gasteiger charge is 2.59. The fraction of sp³-hybridized carbons (Fsp3) is 0.829. The number of aliphatic hydroxyl groups excluding tert-OH is 7. The summed E-state index contributed by atoms with van der Waals surface area (Å²) in [4.78, 5) is 55.9. The summed E-state index contributed by atoms with van der Waals surface area (Å²) in [6.07, 6.45) is -20.3. The van der Waals surface area contributed by atoms with E-state index in [9.17, 15) is 54.9 Å². The van der Waals surface area contributed by atoms with Gasteiger partial charge in [0.2, 0.25) is 0 Å². The van der Waals surface area contributed by atoms with Crippen molar-refractivity contribution in [1.29, 1.82) is 0 Å². The lowest BCUT2D eigenvalue weighted by Crippen LogP contribution is -2.68. The van der Waals surface area contributed by atoms with Crippen molar-refractivity contribution < 1.29 is 121 Å². The molecule has 0 saturated carbocycles. The molecule has 7 rings (SSSR count). The summed E-state index contributed by atoms with van der Waals surface area (Å²) in [5, 5.41) is 81.7. The zero-order valence-electron chi connectivity index (χ0n) is 57.2. The van der Waals surface area contributed by atoms with Gasteiger partial charge < -0.3 is 102 Å². The molecule has 0 aliphatic carbocycles. The van der Waals surface area contributed by atoms with Gasteiger partial charge in [0, 0.05) is 18.9 Å². The lowest BCUT2D eigenvalue weighted by molar-refractivity contribution is -0.399. The van der Waals surface area contributed by atoms with Gasteiger partial charge in [0.25, 0.3) is 0 Å². The largest absolute Gasteiger partial charge is 0.456 e. The maximum absolute atomic E-state index is 14.5. The summed E-state index contributed by atoms with van der Waals surface area (Å²) >= 11 is 0. The van der Waals surface area contributed by atoms with E-state index in [1.54, 1.807) is 58.0 Å². The maximum Gasteiger partial charge on any atom is 0.331 e. The van der Waals surface area contributed by atoms with Gasteiger partial charge in [-0.1, -0.05) is 154 Å². The van der Waals surface area contributed by atoms with Crippen molar-refractivity contribution in [3.05, 3.63) is 42.0 Å². The third-order valence-corrected chi connectivity index (χ3v) is 19.1. The van der Waals surface area contributed by atoms with Crippen LogP contribution in [0, 0.1) is 5.92 Å². The first-order chi connectivity index (χ1) is 45.5. The predicted molar refractivity (Wildman–Crippen MR) is 341 cm³/mol. The molecule has 0 spiro atoms. The molecule has 6 fully saturated rings. The Balaban J connectivity index is 1.27. The standard InChI is InChI=1S/C70H112O25/c1-10-13-15-16-18-22-30-36-48(72)90-64-63(95-66-54(78)52(76)50(74)40(5)82-66)59(93-69-62(89-49(73)38-37-45-31-26-24-27-32-45)55(79)57(42(7)85-69)91-65(81)39(4)12-3)44(9)86-70(64)92-58-43(8)84-67-56(80)60(58)88-47(71)35-29-23-20-17-19-21-28-34-46(33-25-14-11-2)87-68-61(94-67)53(77)51(75)41(6)83-68/h24,26-27,31-32,37-44,46,50-64,66-70,74-80H,10-23,25,28-30,33-36H2,1-9H3/b38-37+/t39-,40-,41+,42-,43-,44-,46-,50-,51-,52+,53-,54+,55+,56+,57-,58-,59-,60-,61+,62+,63+,64+,66-,67-,68-,69-,70-/m0/s1. The van der Waals surface area contributed by atoms with Crippen LogP contribution in [-0.2, 0) is 85.5 Å². The molecular formula is C70H112O25. The Morgan fingerprint density at radius 2 is 1.07 bits per heavy atom.